The normalized spacial score (nSPS) is 14.2. The standard InChI is InChI=1S/C20H23ClN4O6S2/c1-31-12-7-8-14(13(9-12)16(26)11-5-3-4-6-11)23-18(27)19(28)25-20-24-15(17(21)32-20)10-22-33(2,29)30/h7-9,11,22H,3-6,10H2,1-2H3,(H,23,27)(H,24,25,28). The molecule has 0 radical (unpaired) electrons. The van der Waals surface area contributed by atoms with E-state index in [1.54, 1.807) is 12.1 Å². The molecule has 1 fully saturated rings. The molecule has 178 valence electrons. The lowest BCUT2D eigenvalue weighted by atomic mass is 9.95. The number of benzene rings is 1. The molecule has 1 aromatic heterocycles. The van der Waals surface area contributed by atoms with Gasteiger partial charge in [0.1, 0.15) is 10.1 Å². The molecule has 1 aliphatic rings. The Morgan fingerprint density at radius 1 is 1.18 bits per heavy atom. The van der Waals surface area contributed by atoms with Gasteiger partial charge in [0.2, 0.25) is 10.0 Å². The summed E-state index contributed by atoms with van der Waals surface area (Å²) in [4.78, 5) is 41.9. The van der Waals surface area contributed by atoms with Crippen LogP contribution in [0, 0.1) is 5.92 Å². The molecule has 13 heteroatoms. The minimum absolute atomic E-state index is 0.0300. The third kappa shape index (κ3) is 6.73. The number of nitrogens with zero attached hydrogens (tertiary/aromatic N) is 1. The number of hydrogen-bond donors (Lipinski definition) is 3. The number of methoxy groups -OCH3 is 1. The topological polar surface area (TPSA) is 144 Å². The molecule has 0 unspecified atom stereocenters. The van der Waals surface area contributed by atoms with Crippen LogP contribution < -0.4 is 20.1 Å². The van der Waals surface area contributed by atoms with Crippen LogP contribution in [0.2, 0.25) is 4.34 Å². The van der Waals surface area contributed by atoms with Crippen molar-refractivity contribution < 1.29 is 27.5 Å². The van der Waals surface area contributed by atoms with Gasteiger partial charge in [0.25, 0.3) is 0 Å². The Labute approximate surface area is 200 Å². The number of anilines is 2. The van der Waals surface area contributed by atoms with Gasteiger partial charge in [-0.05, 0) is 31.0 Å². The second-order valence-electron chi connectivity index (χ2n) is 7.50. The zero-order chi connectivity index (χ0) is 24.2. The van der Waals surface area contributed by atoms with Crippen LogP contribution in [-0.4, -0.2) is 44.4 Å². The first-order valence-electron chi connectivity index (χ1n) is 10.0. The number of hydrogen-bond acceptors (Lipinski definition) is 8. The number of aromatic nitrogens is 1. The van der Waals surface area contributed by atoms with Crippen molar-refractivity contribution in [1.29, 1.82) is 0 Å². The molecule has 3 N–H and O–H groups in total. The van der Waals surface area contributed by atoms with E-state index in [1.807, 2.05) is 0 Å². The van der Waals surface area contributed by atoms with Crippen molar-refractivity contribution in [2.45, 2.75) is 32.2 Å². The molecule has 1 heterocycles. The zero-order valence-electron chi connectivity index (χ0n) is 17.9. The van der Waals surface area contributed by atoms with Gasteiger partial charge in [0.15, 0.2) is 10.9 Å². The van der Waals surface area contributed by atoms with Crippen molar-refractivity contribution in [2.75, 3.05) is 24.0 Å². The third-order valence-electron chi connectivity index (χ3n) is 5.04. The smallest absolute Gasteiger partial charge is 0.315 e. The summed E-state index contributed by atoms with van der Waals surface area (Å²) >= 11 is 6.92. The predicted molar refractivity (Wildman–Crippen MR) is 125 cm³/mol. The van der Waals surface area contributed by atoms with Gasteiger partial charge in [-0.2, -0.15) is 0 Å². The summed E-state index contributed by atoms with van der Waals surface area (Å²) in [6.45, 7) is -0.158. The molecule has 33 heavy (non-hydrogen) atoms. The Morgan fingerprint density at radius 2 is 1.85 bits per heavy atom. The van der Waals surface area contributed by atoms with Gasteiger partial charge >= 0.3 is 11.8 Å². The summed E-state index contributed by atoms with van der Waals surface area (Å²) in [6.07, 6.45) is 4.51. The molecule has 3 rings (SSSR count). The van der Waals surface area contributed by atoms with Gasteiger partial charge in [0.05, 0.1) is 31.3 Å². The number of carbonyl (C=O) groups is 3. The number of halogens is 1. The number of Topliss-reactive ketones (excluding diaryl/α,β-unsaturated/α-hetero) is 1. The molecule has 2 aromatic rings. The Kier molecular flexibility index (Phi) is 8.05. The van der Waals surface area contributed by atoms with E-state index in [9.17, 15) is 22.8 Å². The lowest BCUT2D eigenvalue weighted by Gasteiger charge is -2.14. The van der Waals surface area contributed by atoms with Gasteiger partial charge in [-0.1, -0.05) is 35.8 Å². The lowest BCUT2D eigenvalue weighted by Crippen LogP contribution is -2.30. The van der Waals surface area contributed by atoms with Crippen LogP contribution in [0.1, 0.15) is 41.7 Å². The number of sulfonamides is 1. The van der Waals surface area contributed by atoms with Gasteiger partial charge < -0.3 is 10.1 Å². The second kappa shape index (κ2) is 10.6. The number of rotatable bonds is 8. The number of amides is 2. The molecular weight excluding hydrogens is 492 g/mol. The highest BCUT2D eigenvalue weighted by molar-refractivity contribution is 7.88. The fraction of sp³-hybridized carbons (Fsp3) is 0.400. The van der Waals surface area contributed by atoms with E-state index < -0.39 is 21.8 Å². The van der Waals surface area contributed by atoms with Crippen LogP contribution in [0.15, 0.2) is 18.2 Å². The first kappa shape index (κ1) is 25.1. The van der Waals surface area contributed by atoms with Crippen molar-refractivity contribution in [3.05, 3.63) is 33.8 Å². The zero-order valence-corrected chi connectivity index (χ0v) is 20.3. The van der Waals surface area contributed by atoms with E-state index in [1.165, 1.54) is 13.2 Å². The van der Waals surface area contributed by atoms with Crippen LogP contribution in [-0.2, 0) is 26.2 Å². The van der Waals surface area contributed by atoms with Gasteiger partial charge in [0, 0.05) is 11.5 Å². The number of thiazole rings is 1. The average Bonchev–Trinajstić information content (AvgIpc) is 3.41. The van der Waals surface area contributed by atoms with Gasteiger partial charge in [-0.25, -0.2) is 18.1 Å². The SMILES string of the molecule is COc1ccc(NC(=O)C(=O)Nc2nc(CNS(C)(=O)=O)c(Cl)s2)c(C(=O)C2CCCC2)c1. The van der Waals surface area contributed by atoms with Crippen LogP contribution in [0.25, 0.3) is 0 Å². The first-order valence-corrected chi connectivity index (χ1v) is 13.1. The van der Waals surface area contributed by atoms with Crippen molar-refractivity contribution in [3.63, 3.8) is 0 Å². The van der Waals surface area contributed by atoms with Crippen molar-refractivity contribution in [3.8, 4) is 5.75 Å². The quantitative estimate of drug-likeness (QED) is 0.363. The molecule has 2 amide bonds. The van der Waals surface area contributed by atoms with Crippen molar-refractivity contribution in [1.82, 2.24) is 9.71 Å². The molecule has 1 aromatic carbocycles. The van der Waals surface area contributed by atoms with E-state index in [0.29, 0.717) is 5.75 Å². The van der Waals surface area contributed by atoms with Crippen molar-refractivity contribution in [2.24, 2.45) is 5.92 Å². The summed E-state index contributed by atoms with van der Waals surface area (Å²) in [5.74, 6) is -1.78. The predicted octanol–water partition coefficient (Wildman–Crippen LogP) is 2.80. The summed E-state index contributed by atoms with van der Waals surface area (Å²) in [5, 5.41) is 4.84. The molecule has 0 atom stereocenters. The highest BCUT2D eigenvalue weighted by atomic mass is 35.5. The molecule has 0 saturated heterocycles. The Morgan fingerprint density at radius 3 is 2.48 bits per heavy atom. The average molecular weight is 515 g/mol. The minimum Gasteiger partial charge on any atom is -0.497 e. The summed E-state index contributed by atoms with van der Waals surface area (Å²) in [5.41, 5.74) is 0.708. The fourth-order valence-electron chi connectivity index (χ4n) is 3.40. The van der Waals surface area contributed by atoms with Gasteiger partial charge in [-0.15, -0.1) is 0 Å². The molecule has 1 saturated carbocycles. The number of ether oxygens (including phenoxy) is 1. The van der Waals surface area contributed by atoms with E-state index >= 15 is 0 Å². The highest BCUT2D eigenvalue weighted by Crippen LogP contribution is 2.32. The number of carbonyl (C=O) groups excluding carboxylic acids is 3. The lowest BCUT2D eigenvalue weighted by molar-refractivity contribution is -0.133. The molecular formula is C20H23ClN4O6S2. The molecule has 0 spiro atoms. The van der Waals surface area contributed by atoms with Gasteiger partial charge in [-0.3, -0.25) is 19.7 Å². The van der Waals surface area contributed by atoms with E-state index in [-0.39, 0.29) is 44.7 Å². The van der Waals surface area contributed by atoms with Crippen LogP contribution in [0.4, 0.5) is 10.8 Å². The Hall–Kier alpha value is -2.54. The second-order valence-corrected chi connectivity index (χ2v) is 10.9. The Balaban J connectivity index is 1.71. The summed E-state index contributed by atoms with van der Waals surface area (Å²) < 4.78 is 30.1. The maximum Gasteiger partial charge on any atom is 0.315 e. The first-order chi connectivity index (χ1) is 15.6. The van der Waals surface area contributed by atoms with Crippen LogP contribution in [0.5, 0.6) is 5.75 Å². The largest absolute Gasteiger partial charge is 0.497 e. The highest BCUT2D eigenvalue weighted by Gasteiger charge is 2.27. The van der Waals surface area contributed by atoms with Crippen LogP contribution in [0.3, 0.4) is 0 Å². The monoisotopic (exact) mass is 514 g/mol. The van der Waals surface area contributed by atoms with E-state index in [2.05, 4.69) is 20.3 Å². The molecule has 0 bridgehead atoms. The fourth-order valence-corrected chi connectivity index (χ4v) is 4.83. The van der Waals surface area contributed by atoms with Crippen molar-refractivity contribution >= 4 is 61.4 Å². The Bertz CT molecular complexity index is 1180. The maximum atomic E-state index is 13.0. The number of nitrogens with one attached hydrogen (secondary N) is 3. The third-order valence-corrected chi connectivity index (χ3v) is 6.96. The maximum absolute atomic E-state index is 13.0. The molecule has 1 aliphatic carbocycles. The summed E-state index contributed by atoms with van der Waals surface area (Å²) in [6, 6.07) is 4.65. The van der Waals surface area contributed by atoms with Crippen LogP contribution >= 0.6 is 22.9 Å². The molecule has 10 nitrogen and oxygen atoms in total. The van der Waals surface area contributed by atoms with E-state index in [4.69, 9.17) is 16.3 Å². The van der Waals surface area contributed by atoms with E-state index in [0.717, 1.165) is 43.3 Å². The number of ketones is 1. The summed E-state index contributed by atoms with van der Waals surface area (Å²) in [7, 11) is -1.98. The minimum atomic E-state index is -3.46. The molecule has 0 aliphatic heterocycles.